The molecule has 100 valence electrons. The van der Waals surface area contributed by atoms with E-state index in [4.69, 9.17) is 22.1 Å². The molecule has 2 N–H and O–H groups in total. The van der Waals surface area contributed by atoms with Gasteiger partial charge in [0.25, 0.3) is 0 Å². The molecule has 0 fully saturated rings. The third kappa shape index (κ3) is 4.26. The summed E-state index contributed by atoms with van der Waals surface area (Å²) in [4.78, 5) is 5.54. The molecule has 0 aliphatic carbocycles. The largest absolute Gasteiger partial charge is 0.491 e. The lowest BCUT2D eigenvalue weighted by atomic mass is 10.3. The summed E-state index contributed by atoms with van der Waals surface area (Å²) in [5.74, 6) is 1.33. The Hall–Kier alpha value is -1.52. The number of amidine groups is 1. The Labute approximate surface area is 121 Å². The van der Waals surface area contributed by atoms with Crippen LogP contribution in [0.15, 0.2) is 46.8 Å². The second-order valence-electron chi connectivity index (χ2n) is 3.88. The molecule has 0 spiro atoms. The molecule has 0 saturated heterocycles. The molecular formula is C14H15ClN2OS. The standard InChI is InChI=1S/C14H15ClN2OS/c15-10-14(16)17-12-5-1-2-6-13(12)18-8-7-11-4-3-9-19-11/h1-6,9H,7-8,10H2,(H2,16,17). The number of nitrogens with zero attached hydrogens (tertiary/aromatic N) is 1. The summed E-state index contributed by atoms with van der Waals surface area (Å²) < 4.78 is 5.76. The fourth-order valence-electron chi connectivity index (χ4n) is 1.57. The number of benzene rings is 1. The van der Waals surface area contributed by atoms with Gasteiger partial charge in [-0.1, -0.05) is 18.2 Å². The van der Waals surface area contributed by atoms with Gasteiger partial charge in [-0.15, -0.1) is 22.9 Å². The van der Waals surface area contributed by atoms with E-state index in [1.165, 1.54) is 4.88 Å². The number of nitrogens with two attached hydrogens (primary N) is 1. The maximum absolute atomic E-state index is 5.76. The van der Waals surface area contributed by atoms with E-state index in [1.54, 1.807) is 11.3 Å². The highest BCUT2D eigenvalue weighted by Gasteiger charge is 2.03. The van der Waals surface area contributed by atoms with Crippen LogP contribution in [0.3, 0.4) is 0 Å². The van der Waals surface area contributed by atoms with Crippen molar-refractivity contribution in [1.29, 1.82) is 0 Å². The Morgan fingerprint density at radius 3 is 2.84 bits per heavy atom. The number of rotatable bonds is 6. The molecule has 0 amide bonds. The van der Waals surface area contributed by atoms with E-state index in [9.17, 15) is 0 Å². The molecule has 2 aromatic rings. The monoisotopic (exact) mass is 294 g/mol. The van der Waals surface area contributed by atoms with Gasteiger partial charge in [0.05, 0.1) is 12.5 Å². The summed E-state index contributed by atoms with van der Waals surface area (Å²) >= 11 is 7.36. The quantitative estimate of drug-likeness (QED) is 0.503. The van der Waals surface area contributed by atoms with Crippen molar-refractivity contribution in [2.45, 2.75) is 6.42 Å². The van der Waals surface area contributed by atoms with Gasteiger partial charge in [-0.2, -0.15) is 0 Å². The molecule has 0 radical (unpaired) electrons. The number of ether oxygens (including phenoxy) is 1. The average molecular weight is 295 g/mol. The van der Waals surface area contributed by atoms with E-state index in [1.807, 2.05) is 30.3 Å². The minimum atomic E-state index is 0.212. The molecule has 0 atom stereocenters. The van der Waals surface area contributed by atoms with Crippen LogP contribution in [-0.2, 0) is 6.42 Å². The maximum Gasteiger partial charge on any atom is 0.144 e. The first-order chi connectivity index (χ1) is 9.29. The number of para-hydroxylation sites is 2. The fourth-order valence-corrected chi connectivity index (χ4v) is 2.32. The highest BCUT2D eigenvalue weighted by atomic mass is 35.5. The lowest BCUT2D eigenvalue weighted by Gasteiger charge is -2.08. The fraction of sp³-hybridized carbons (Fsp3) is 0.214. The van der Waals surface area contributed by atoms with Crippen molar-refractivity contribution in [3.63, 3.8) is 0 Å². The summed E-state index contributed by atoms with van der Waals surface area (Å²) in [5.41, 5.74) is 6.36. The first kappa shape index (κ1) is 13.9. The minimum absolute atomic E-state index is 0.212. The number of aliphatic imine (C=N–C) groups is 1. The SMILES string of the molecule is NC(CCl)=Nc1ccccc1OCCc1cccs1. The highest BCUT2D eigenvalue weighted by molar-refractivity contribution is 7.09. The summed E-state index contributed by atoms with van der Waals surface area (Å²) in [6.07, 6.45) is 0.890. The first-order valence-corrected chi connectivity index (χ1v) is 7.34. The molecule has 0 saturated carbocycles. The summed E-state index contributed by atoms with van der Waals surface area (Å²) in [7, 11) is 0. The molecule has 0 bridgehead atoms. The van der Waals surface area contributed by atoms with Gasteiger partial charge >= 0.3 is 0 Å². The van der Waals surface area contributed by atoms with Crippen molar-refractivity contribution in [3.05, 3.63) is 46.7 Å². The number of thiophene rings is 1. The molecular weight excluding hydrogens is 280 g/mol. The minimum Gasteiger partial charge on any atom is -0.491 e. The van der Waals surface area contributed by atoms with E-state index >= 15 is 0 Å². The second kappa shape index (κ2) is 7.16. The van der Waals surface area contributed by atoms with Crippen molar-refractivity contribution < 1.29 is 4.74 Å². The van der Waals surface area contributed by atoms with Gasteiger partial charge in [-0.3, -0.25) is 0 Å². The number of alkyl halides is 1. The molecule has 2 rings (SSSR count). The van der Waals surface area contributed by atoms with Crippen LogP contribution in [0.25, 0.3) is 0 Å². The molecule has 0 aliphatic heterocycles. The first-order valence-electron chi connectivity index (χ1n) is 5.93. The van der Waals surface area contributed by atoms with Gasteiger partial charge in [0.1, 0.15) is 17.3 Å². The molecule has 0 aliphatic rings. The number of halogens is 1. The van der Waals surface area contributed by atoms with Crippen molar-refractivity contribution >= 4 is 34.5 Å². The number of hydrogen-bond donors (Lipinski definition) is 1. The molecule has 0 unspecified atom stereocenters. The Bertz CT molecular complexity index is 540. The van der Waals surface area contributed by atoms with Crippen LogP contribution in [-0.4, -0.2) is 18.3 Å². The van der Waals surface area contributed by atoms with Crippen molar-refractivity contribution in [2.24, 2.45) is 10.7 Å². The third-order valence-electron chi connectivity index (χ3n) is 2.45. The van der Waals surface area contributed by atoms with Gasteiger partial charge in [-0.25, -0.2) is 4.99 Å². The average Bonchev–Trinajstić information content (AvgIpc) is 2.94. The van der Waals surface area contributed by atoms with Crippen molar-refractivity contribution in [3.8, 4) is 5.75 Å². The molecule has 1 aromatic carbocycles. The maximum atomic E-state index is 5.76. The van der Waals surface area contributed by atoms with Crippen LogP contribution in [0.4, 0.5) is 5.69 Å². The Kier molecular flexibility index (Phi) is 5.24. The van der Waals surface area contributed by atoms with Crippen LogP contribution in [0.2, 0.25) is 0 Å². The smallest absolute Gasteiger partial charge is 0.144 e. The zero-order valence-electron chi connectivity index (χ0n) is 10.4. The van der Waals surface area contributed by atoms with E-state index in [2.05, 4.69) is 16.4 Å². The molecule has 19 heavy (non-hydrogen) atoms. The Morgan fingerprint density at radius 2 is 2.11 bits per heavy atom. The van der Waals surface area contributed by atoms with E-state index in [0.717, 1.165) is 12.2 Å². The van der Waals surface area contributed by atoms with Gasteiger partial charge < -0.3 is 10.5 Å². The van der Waals surface area contributed by atoms with E-state index in [0.29, 0.717) is 18.1 Å². The van der Waals surface area contributed by atoms with Crippen LogP contribution < -0.4 is 10.5 Å². The summed E-state index contributed by atoms with van der Waals surface area (Å²) in [6.45, 7) is 0.619. The van der Waals surface area contributed by atoms with Crippen LogP contribution in [0, 0.1) is 0 Å². The van der Waals surface area contributed by atoms with E-state index < -0.39 is 0 Å². The van der Waals surface area contributed by atoms with Gasteiger partial charge in [0.2, 0.25) is 0 Å². The molecule has 1 aromatic heterocycles. The van der Waals surface area contributed by atoms with E-state index in [-0.39, 0.29) is 5.88 Å². The lowest BCUT2D eigenvalue weighted by Crippen LogP contribution is -2.12. The molecule has 5 heteroatoms. The highest BCUT2D eigenvalue weighted by Crippen LogP contribution is 2.27. The zero-order chi connectivity index (χ0) is 13.5. The van der Waals surface area contributed by atoms with Gasteiger partial charge in [0, 0.05) is 11.3 Å². The zero-order valence-corrected chi connectivity index (χ0v) is 12.0. The van der Waals surface area contributed by atoms with Gasteiger partial charge in [0.15, 0.2) is 0 Å². The van der Waals surface area contributed by atoms with Crippen molar-refractivity contribution in [2.75, 3.05) is 12.5 Å². The third-order valence-corrected chi connectivity index (χ3v) is 3.66. The molecule has 1 heterocycles. The Morgan fingerprint density at radius 1 is 1.26 bits per heavy atom. The predicted molar refractivity (Wildman–Crippen MR) is 82.0 cm³/mol. The second-order valence-corrected chi connectivity index (χ2v) is 5.18. The predicted octanol–water partition coefficient (Wildman–Crippen LogP) is 3.60. The normalized spacial score (nSPS) is 11.5. The summed E-state index contributed by atoms with van der Waals surface area (Å²) in [5, 5.41) is 2.06. The molecule has 3 nitrogen and oxygen atoms in total. The van der Waals surface area contributed by atoms with Crippen LogP contribution >= 0.6 is 22.9 Å². The van der Waals surface area contributed by atoms with Gasteiger partial charge in [-0.05, 0) is 23.6 Å². The summed E-state index contributed by atoms with van der Waals surface area (Å²) in [6, 6.07) is 11.7. The van der Waals surface area contributed by atoms with Crippen LogP contribution in [0.1, 0.15) is 4.88 Å². The van der Waals surface area contributed by atoms with Crippen LogP contribution in [0.5, 0.6) is 5.75 Å². The topological polar surface area (TPSA) is 47.6 Å². The van der Waals surface area contributed by atoms with Crippen molar-refractivity contribution in [1.82, 2.24) is 0 Å². The number of hydrogen-bond acceptors (Lipinski definition) is 3. The Balaban J connectivity index is 1.99. The lowest BCUT2D eigenvalue weighted by molar-refractivity contribution is 0.324.